The second-order valence-corrected chi connectivity index (χ2v) is 5.38. The number of hydrogen-bond donors (Lipinski definition) is 0. The van der Waals surface area contributed by atoms with Crippen LogP contribution in [-0.2, 0) is 34.8 Å². The number of ether oxygens (including phenoxy) is 2. The number of rotatable bonds is 3. The van der Waals surface area contributed by atoms with Crippen LogP contribution in [0.4, 0.5) is 0 Å². The Kier molecular flexibility index (Phi) is 3.58. The van der Waals surface area contributed by atoms with Gasteiger partial charge >= 0.3 is 5.97 Å². The van der Waals surface area contributed by atoms with Gasteiger partial charge in [-0.15, -0.1) is 0 Å². The van der Waals surface area contributed by atoms with Gasteiger partial charge in [0.15, 0.2) is 0 Å². The van der Waals surface area contributed by atoms with Crippen LogP contribution < -0.4 is 0 Å². The van der Waals surface area contributed by atoms with Crippen molar-refractivity contribution in [2.24, 2.45) is 0 Å². The molecule has 1 fully saturated rings. The van der Waals surface area contributed by atoms with Crippen LogP contribution >= 0.6 is 0 Å². The van der Waals surface area contributed by atoms with E-state index in [1.165, 1.54) is 0 Å². The topological polar surface area (TPSA) is 69.7 Å². The second kappa shape index (κ2) is 4.99. The van der Waals surface area contributed by atoms with Crippen LogP contribution in [0.5, 0.6) is 0 Å². The fourth-order valence-corrected chi connectivity index (χ4v) is 3.30. The van der Waals surface area contributed by atoms with E-state index in [0.717, 1.165) is 7.11 Å². The average molecular weight is 268 g/mol. The minimum atomic E-state index is -1.71. The van der Waals surface area contributed by atoms with E-state index < -0.39 is 27.5 Å². The first-order valence-electron chi connectivity index (χ1n) is 5.33. The Bertz CT molecular complexity index is 498. The van der Waals surface area contributed by atoms with E-state index in [0.29, 0.717) is 5.56 Å². The number of benzene rings is 1. The summed E-state index contributed by atoms with van der Waals surface area (Å²) in [5, 5.41) is 0. The molecule has 0 saturated carbocycles. The smallest absolute Gasteiger partial charge is 0.378 e. The number of hydrogen-bond acceptors (Lipinski definition) is 5. The number of esters is 1. The van der Waals surface area contributed by atoms with Crippen LogP contribution in [0.25, 0.3) is 0 Å². The average Bonchev–Trinajstić information content (AvgIpc) is 2.80. The minimum absolute atomic E-state index is 0.171. The van der Waals surface area contributed by atoms with Crippen molar-refractivity contribution in [2.45, 2.75) is 4.93 Å². The summed E-state index contributed by atoms with van der Waals surface area (Å²) in [6, 6.07) is 8.38. The van der Waals surface area contributed by atoms with Crippen LogP contribution in [0, 0.1) is 0 Å². The lowest BCUT2D eigenvalue weighted by atomic mass is 10.0. The molecule has 1 saturated heterocycles. The van der Waals surface area contributed by atoms with Gasteiger partial charge in [-0.05, 0) is 0 Å². The van der Waals surface area contributed by atoms with E-state index in [1.807, 2.05) is 0 Å². The normalized spacial score (nSPS) is 26.8. The first-order valence-corrected chi connectivity index (χ1v) is 6.65. The summed E-state index contributed by atoms with van der Waals surface area (Å²) in [7, 11) is -0.487. The molecule has 2 rings (SSSR count). The molecule has 0 radical (unpaired) electrons. The fraction of sp³-hybridized carbons (Fsp3) is 0.333. The molecule has 2 atom stereocenters. The maximum absolute atomic E-state index is 12.1. The highest BCUT2D eigenvalue weighted by atomic mass is 32.2. The summed E-state index contributed by atoms with van der Waals surface area (Å²) in [6.07, 6.45) is 0. The van der Waals surface area contributed by atoms with E-state index in [2.05, 4.69) is 4.74 Å². The van der Waals surface area contributed by atoms with Gasteiger partial charge in [-0.25, -0.2) is 4.79 Å². The fourth-order valence-electron chi connectivity index (χ4n) is 1.87. The first-order chi connectivity index (χ1) is 8.63. The Balaban J connectivity index is 2.52. The van der Waals surface area contributed by atoms with Crippen molar-refractivity contribution < 1.29 is 23.3 Å². The maximum atomic E-state index is 12.1. The van der Waals surface area contributed by atoms with Crippen molar-refractivity contribution in [1.29, 1.82) is 0 Å². The molecule has 6 heteroatoms. The predicted molar refractivity (Wildman–Crippen MR) is 64.1 cm³/mol. The lowest BCUT2D eigenvalue weighted by Crippen LogP contribution is -2.43. The third kappa shape index (κ3) is 1.87. The Morgan fingerprint density at radius 1 is 1.33 bits per heavy atom. The molecule has 1 heterocycles. The number of ketones is 1. The molecule has 1 aromatic rings. The molecule has 0 N–H and O–H groups in total. The van der Waals surface area contributed by atoms with Gasteiger partial charge in [0.2, 0.25) is 4.93 Å². The van der Waals surface area contributed by atoms with Gasteiger partial charge in [0, 0.05) is 5.56 Å². The first kappa shape index (κ1) is 12.9. The highest BCUT2D eigenvalue weighted by Gasteiger charge is 2.54. The molecule has 96 valence electrons. The third-order valence-electron chi connectivity index (χ3n) is 2.72. The Labute approximate surface area is 107 Å². The highest BCUT2D eigenvalue weighted by Crippen LogP contribution is 2.35. The van der Waals surface area contributed by atoms with Crippen molar-refractivity contribution in [3.05, 3.63) is 35.9 Å². The SMILES string of the molecule is COC(=O)C(=O)[C@@]1(c2ccccc2)OCCS1=O. The molecule has 0 amide bonds. The molecule has 1 aromatic carbocycles. The lowest BCUT2D eigenvalue weighted by molar-refractivity contribution is -0.158. The summed E-state index contributed by atoms with van der Waals surface area (Å²) in [6.45, 7) is 0.171. The largest absolute Gasteiger partial charge is 0.463 e. The monoisotopic (exact) mass is 268 g/mol. The lowest BCUT2D eigenvalue weighted by Gasteiger charge is -2.24. The molecule has 0 aromatic heterocycles. The zero-order valence-electron chi connectivity index (χ0n) is 9.75. The molecule has 0 spiro atoms. The highest BCUT2D eigenvalue weighted by molar-refractivity contribution is 7.87. The molecule has 18 heavy (non-hydrogen) atoms. The van der Waals surface area contributed by atoms with Gasteiger partial charge in [-0.3, -0.25) is 9.00 Å². The summed E-state index contributed by atoms with van der Waals surface area (Å²) >= 11 is 0. The van der Waals surface area contributed by atoms with Crippen molar-refractivity contribution in [1.82, 2.24) is 0 Å². The van der Waals surface area contributed by atoms with Gasteiger partial charge in [-0.2, -0.15) is 0 Å². The zero-order chi connectivity index (χ0) is 13.2. The summed E-state index contributed by atoms with van der Waals surface area (Å²) in [4.78, 5) is 21.8. The van der Waals surface area contributed by atoms with E-state index in [4.69, 9.17) is 4.74 Å². The van der Waals surface area contributed by atoms with E-state index >= 15 is 0 Å². The Morgan fingerprint density at radius 2 is 2.00 bits per heavy atom. The Hall–Kier alpha value is -1.53. The summed E-state index contributed by atoms with van der Waals surface area (Å²) in [5.74, 6) is -1.75. The molecule has 1 unspecified atom stereocenters. The van der Waals surface area contributed by atoms with Gasteiger partial charge in [0.25, 0.3) is 5.78 Å². The molecule has 0 bridgehead atoms. The van der Waals surface area contributed by atoms with Gasteiger partial charge < -0.3 is 9.47 Å². The van der Waals surface area contributed by atoms with Crippen LogP contribution in [0.2, 0.25) is 0 Å². The zero-order valence-corrected chi connectivity index (χ0v) is 10.6. The molecule has 1 aliphatic heterocycles. The minimum Gasteiger partial charge on any atom is -0.463 e. The molecule has 5 nitrogen and oxygen atoms in total. The Morgan fingerprint density at radius 3 is 2.50 bits per heavy atom. The van der Waals surface area contributed by atoms with Crippen molar-refractivity contribution >= 4 is 22.6 Å². The molecular formula is C12H12O5S. The van der Waals surface area contributed by atoms with Gasteiger partial charge in [0.05, 0.1) is 30.3 Å². The molecular weight excluding hydrogens is 256 g/mol. The van der Waals surface area contributed by atoms with Crippen LogP contribution in [0.3, 0.4) is 0 Å². The number of carbonyl (C=O) groups excluding carboxylic acids is 2. The standard InChI is InChI=1S/C12H12O5S/c1-16-11(14)10(13)12(17-7-8-18(12)15)9-5-3-2-4-6-9/h2-6H,7-8H2,1H3/t12-,18?/m0/s1. The van der Waals surface area contributed by atoms with Crippen molar-refractivity contribution in [3.63, 3.8) is 0 Å². The summed E-state index contributed by atoms with van der Waals surface area (Å²) in [5.41, 5.74) is 0.413. The van der Waals surface area contributed by atoms with Gasteiger partial charge in [0.1, 0.15) is 0 Å². The quantitative estimate of drug-likeness (QED) is 0.585. The van der Waals surface area contributed by atoms with E-state index in [9.17, 15) is 13.8 Å². The summed E-state index contributed by atoms with van der Waals surface area (Å²) < 4.78 is 21.9. The van der Waals surface area contributed by atoms with Crippen molar-refractivity contribution in [3.8, 4) is 0 Å². The van der Waals surface area contributed by atoms with Crippen molar-refractivity contribution in [2.75, 3.05) is 19.5 Å². The van der Waals surface area contributed by atoms with Crippen LogP contribution in [0.15, 0.2) is 30.3 Å². The van der Waals surface area contributed by atoms with E-state index in [1.54, 1.807) is 30.3 Å². The number of Topliss-reactive ketones (excluding diaryl/α,β-unsaturated/α-hetero) is 1. The molecule has 0 aliphatic carbocycles. The number of carbonyl (C=O) groups is 2. The second-order valence-electron chi connectivity index (χ2n) is 3.70. The van der Waals surface area contributed by atoms with Crippen LogP contribution in [0.1, 0.15) is 5.56 Å². The third-order valence-corrected chi connectivity index (χ3v) is 4.44. The maximum Gasteiger partial charge on any atom is 0.378 e. The number of methoxy groups -OCH3 is 1. The van der Waals surface area contributed by atoms with Gasteiger partial charge in [-0.1, -0.05) is 30.3 Å². The van der Waals surface area contributed by atoms with Crippen LogP contribution in [-0.4, -0.2) is 35.4 Å². The predicted octanol–water partition coefficient (Wildman–Crippen LogP) is 0.360. The molecule has 1 aliphatic rings. The van der Waals surface area contributed by atoms with E-state index in [-0.39, 0.29) is 12.4 Å².